The lowest BCUT2D eigenvalue weighted by atomic mass is 10.1. The number of fused-ring (bicyclic) bond motifs is 1. The van der Waals surface area contributed by atoms with E-state index in [4.69, 9.17) is 4.74 Å². The molecule has 1 aromatic carbocycles. The minimum Gasteiger partial charge on any atom is -0.444 e. The monoisotopic (exact) mass is 347 g/mol. The van der Waals surface area contributed by atoms with Crippen LogP contribution in [0.1, 0.15) is 26.3 Å². The zero-order valence-electron chi connectivity index (χ0n) is 14.3. The second-order valence-electron chi connectivity index (χ2n) is 6.42. The lowest BCUT2D eigenvalue weighted by Gasteiger charge is -2.22. The van der Waals surface area contributed by atoms with Crippen molar-refractivity contribution in [2.24, 2.45) is 0 Å². The van der Waals surface area contributed by atoms with Gasteiger partial charge in [-0.25, -0.2) is 9.59 Å². The average molecular weight is 347 g/mol. The predicted molar refractivity (Wildman–Crippen MR) is 90.5 cm³/mol. The highest BCUT2D eigenvalue weighted by Gasteiger charge is 2.27. The summed E-state index contributed by atoms with van der Waals surface area (Å²) in [5.74, 6) is -0.803. The molecule has 2 rings (SSSR count). The summed E-state index contributed by atoms with van der Waals surface area (Å²) < 4.78 is 5.17. The summed E-state index contributed by atoms with van der Waals surface area (Å²) in [6, 6.07) is 6.55. The summed E-state index contributed by atoms with van der Waals surface area (Å²) in [6.45, 7) is 5.15. The molecule has 25 heavy (non-hydrogen) atoms. The molecule has 0 bridgehead atoms. The maximum atomic E-state index is 12.1. The number of carbonyl (C=O) groups excluding carboxylic acids is 3. The molecule has 8 nitrogen and oxygen atoms in total. The van der Waals surface area contributed by atoms with Crippen LogP contribution < -0.4 is 10.8 Å². The van der Waals surface area contributed by atoms with Crippen molar-refractivity contribution < 1.29 is 24.0 Å². The number of aromatic nitrogens is 1. The van der Waals surface area contributed by atoms with Crippen LogP contribution in [0.4, 0.5) is 4.79 Å². The molecule has 0 saturated heterocycles. The molecule has 0 spiro atoms. The van der Waals surface area contributed by atoms with Crippen LogP contribution in [-0.2, 0) is 25.6 Å². The molecule has 8 heteroatoms. The number of alkyl carbamates (subject to hydrolysis) is 1. The first-order valence-electron chi connectivity index (χ1n) is 7.74. The number of benzene rings is 1. The highest BCUT2D eigenvalue weighted by molar-refractivity contribution is 5.86. The first-order valence-corrected chi connectivity index (χ1v) is 7.74. The van der Waals surface area contributed by atoms with E-state index in [9.17, 15) is 14.4 Å². The number of nitrogens with one attached hydrogen (secondary N) is 3. The number of hydroxylamine groups is 1. The normalized spacial score (nSPS) is 12.3. The number of aromatic amines is 1. The standard InChI is InChI=1S/C17H21N3O5/c1-17(2,3)24-16(23)20-14(15(22)25-19-10-21)8-11-9-18-13-7-5-4-6-12(11)13/h4-7,9-10,14,18H,8H2,1-3H3,(H,19,21)(H,20,23)/t14-/m0/s1. The van der Waals surface area contributed by atoms with E-state index in [1.165, 1.54) is 0 Å². The van der Waals surface area contributed by atoms with Crippen LogP contribution in [0, 0.1) is 0 Å². The molecule has 0 unspecified atom stereocenters. The quantitative estimate of drug-likeness (QED) is 0.545. The minimum atomic E-state index is -1.03. The smallest absolute Gasteiger partial charge is 0.408 e. The van der Waals surface area contributed by atoms with Crippen LogP contribution in [0.3, 0.4) is 0 Å². The van der Waals surface area contributed by atoms with Gasteiger partial charge < -0.3 is 19.9 Å². The summed E-state index contributed by atoms with van der Waals surface area (Å²) in [5.41, 5.74) is 2.86. The molecule has 134 valence electrons. The van der Waals surface area contributed by atoms with Crippen molar-refractivity contribution in [1.82, 2.24) is 15.8 Å². The number of ether oxygens (including phenoxy) is 1. The van der Waals surface area contributed by atoms with Crippen molar-refractivity contribution >= 4 is 29.4 Å². The molecule has 0 aliphatic rings. The summed E-state index contributed by atoms with van der Waals surface area (Å²) in [6.07, 6.45) is 1.41. The Morgan fingerprint density at radius 3 is 2.68 bits per heavy atom. The number of rotatable bonds is 6. The van der Waals surface area contributed by atoms with Gasteiger partial charge in [0.15, 0.2) is 0 Å². The number of hydrogen-bond acceptors (Lipinski definition) is 5. The van der Waals surface area contributed by atoms with Crippen LogP contribution in [0.15, 0.2) is 30.5 Å². The molecule has 0 aliphatic heterocycles. The molecule has 1 aromatic heterocycles. The highest BCUT2D eigenvalue weighted by Crippen LogP contribution is 2.19. The number of para-hydroxylation sites is 1. The molecule has 0 saturated carbocycles. The third-order valence-corrected chi connectivity index (χ3v) is 3.28. The van der Waals surface area contributed by atoms with Gasteiger partial charge in [0.1, 0.15) is 11.6 Å². The van der Waals surface area contributed by atoms with E-state index in [2.05, 4.69) is 15.1 Å². The Bertz CT molecular complexity index is 763. The molecular weight excluding hydrogens is 326 g/mol. The SMILES string of the molecule is CC(C)(C)OC(=O)N[C@@H](Cc1c[nH]c2ccccc12)C(=O)ONC=O. The molecular formula is C17H21N3O5. The zero-order valence-corrected chi connectivity index (χ0v) is 14.3. The molecule has 0 fully saturated rings. The maximum Gasteiger partial charge on any atom is 0.408 e. The van der Waals surface area contributed by atoms with Crippen LogP contribution in [0.5, 0.6) is 0 Å². The van der Waals surface area contributed by atoms with Gasteiger partial charge in [-0.2, -0.15) is 5.48 Å². The van der Waals surface area contributed by atoms with E-state index in [1.54, 1.807) is 27.0 Å². The summed E-state index contributed by atoms with van der Waals surface area (Å²) in [5, 5.41) is 3.41. The predicted octanol–water partition coefficient (Wildman–Crippen LogP) is 1.81. The molecule has 3 N–H and O–H groups in total. The Balaban J connectivity index is 2.17. The third-order valence-electron chi connectivity index (χ3n) is 3.28. The largest absolute Gasteiger partial charge is 0.444 e. The number of H-pyrrole nitrogens is 1. The van der Waals surface area contributed by atoms with Gasteiger partial charge in [-0.15, -0.1) is 0 Å². The number of amides is 2. The first kappa shape index (κ1) is 18.3. The van der Waals surface area contributed by atoms with Gasteiger partial charge in [0.25, 0.3) is 0 Å². The van der Waals surface area contributed by atoms with Crippen molar-refractivity contribution in [3.05, 3.63) is 36.0 Å². The Labute approximate surface area is 144 Å². The Hall–Kier alpha value is -3.03. The fourth-order valence-electron chi connectivity index (χ4n) is 2.32. The third kappa shape index (κ3) is 5.23. The molecule has 0 radical (unpaired) electrons. The van der Waals surface area contributed by atoms with Crippen molar-refractivity contribution in [2.45, 2.75) is 38.8 Å². The van der Waals surface area contributed by atoms with E-state index in [0.29, 0.717) is 0 Å². The van der Waals surface area contributed by atoms with Gasteiger partial charge in [0.05, 0.1) is 0 Å². The van der Waals surface area contributed by atoms with Crippen LogP contribution >= 0.6 is 0 Å². The molecule has 0 aliphatic carbocycles. The zero-order chi connectivity index (χ0) is 18.4. The van der Waals surface area contributed by atoms with E-state index in [1.807, 2.05) is 29.7 Å². The van der Waals surface area contributed by atoms with E-state index < -0.39 is 23.7 Å². The molecule has 2 aromatic rings. The Morgan fingerprint density at radius 2 is 2.00 bits per heavy atom. The van der Waals surface area contributed by atoms with Gasteiger partial charge in [-0.1, -0.05) is 18.2 Å². The summed E-state index contributed by atoms with van der Waals surface area (Å²) in [4.78, 5) is 42.2. The van der Waals surface area contributed by atoms with Crippen molar-refractivity contribution in [1.29, 1.82) is 0 Å². The van der Waals surface area contributed by atoms with Crippen molar-refractivity contribution in [2.75, 3.05) is 0 Å². The highest BCUT2D eigenvalue weighted by atomic mass is 16.7. The summed E-state index contributed by atoms with van der Waals surface area (Å²) >= 11 is 0. The fraction of sp³-hybridized carbons (Fsp3) is 0.353. The second-order valence-corrected chi connectivity index (χ2v) is 6.42. The van der Waals surface area contributed by atoms with E-state index in [0.717, 1.165) is 16.5 Å². The van der Waals surface area contributed by atoms with Crippen LogP contribution in [0.2, 0.25) is 0 Å². The van der Waals surface area contributed by atoms with E-state index >= 15 is 0 Å². The maximum absolute atomic E-state index is 12.1. The molecule has 1 heterocycles. The summed E-state index contributed by atoms with van der Waals surface area (Å²) in [7, 11) is 0. The van der Waals surface area contributed by atoms with Gasteiger partial charge in [0.2, 0.25) is 6.41 Å². The van der Waals surface area contributed by atoms with Gasteiger partial charge >= 0.3 is 12.1 Å². The lowest BCUT2D eigenvalue weighted by molar-refractivity contribution is -0.156. The van der Waals surface area contributed by atoms with Crippen LogP contribution in [0.25, 0.3) is 10.9 Å². The lowest BCUT2D eigenvalue weighted by Crippen LogP contribution is -2.46. The van der Waals surface area contributed by atoms with Gasteiger partial charge in [0, 0.05) is 23.5 Å². The number of carbonyl (C=O) groups is 3. The Morgan fingerprint density at radius 1 is 1.28 bits per heavy atom. The van der Waals surface area contributed by atoms with Crippen molar-refractivity contribution in [3.63, 3.8) is 0 Å². The van der Waals surface area contributed by atoms with Crippen molar-refractivity contribution in [3.8, 4) is 0 Å². The second kappa shape index (κ2) is 7.69. The topological polar surface area (TPSA) is 110 Å². The first-order chi connectivity index (χ1) is 11.8. The Kier molecular flexibility index (Phi) is 5.63. The van der Waals surface area contributed by atoms with Gasteiger partial charge in [-0.3, -0.25) is 4.79 Å². The molecule has 2 amide bonds. The van der Waals surface area contributed by atoms with Crippen LogP contribution in [-0.4, -0.2) is 35.1 Å². The average Bonchev–Trinajstić information content (AvgIpc) is 2.93. The minimum absolute atomic E-state index is 0.169. The van der Waals surface area contributed by atoms with Gasteiger partial charge in [-0.05, 0) is 32.4 Å². The fourth-order valence-corrected chi connectivity index (χ4v) is 2.32. The number of hydrogen-bond donors (Lipinski definition) is 3. The molecule has 1 atom stereocenters. The van der Waals surface area contributed by atoms with E-state index in [-0.39, 0.29) is 12.8 Å².